The fourth-order valence-electron chi connectivity index (χ4n) is 2.02. The third kappa shape index (κ3) is 2.87. The number of Topliss-reactive ketones (excluding diaryl/α,β-unsaturated/α-hetero) is 1. The molecule has 0 N–H and O–H groups in total. The highest BCUT2D eigenvalue weighted by Crippen LogP contribution is 2.29. The second-order valence-electron chi connectivity index (χ2n) is 5.79. The van der Waals surface area contributed by atoms with Gasteiger partial charge >= 0.3 is 0 Å². The molecule has 0 fully saturated rings. The van der Waals surface area contributed by atoms with Crippen molar-refractivity contribution in [2.75, 3.05) is 0 Å². The van der Waals surface area contributed by atoms with Crippen molar-refractivity contribution >= 4 is 17.1 Å². The van der Waals surface area contributed by atoms with Gasteiger partial charge in [-0.25, -0.2) is 0 Å². The van der Waals surface area contributed by atoms with E-state index in [1.54, 1.807) is 6.92 Å². The number of carbonyl (C=O) groups is 2. The molecule has 0 aromatic heterocycles. The van der Waals surface area contributed by atoms with Crippen LogP contribution in [0.4, 0.5) is 0 Å². The molecule has 104 valence electrons. The molecule has 20 heavy (non-hydrogen) atoms. The van der Waals surface area contributed by atoms with Crippen molar-refractivity contribution in [3.63, 3.8) is 0 Å². The quantitative estimate of drug-likeness (QED) is 0.774. The average Bonchev–Trinajstić information content (AvgIpc) is 2.39. The maximum Gasteiger partial charge on any atom is 0.221 e. The lowest BCUT2D eigenvalue weighted by Crippen LogP contribution is -2.26. The van der Waals surface area contributed by atoms with Crippen LogP contribution in [0, 0.1) is 0 Å². The fourth-order valence-corrected chi connectivity index (χ4v) is 2.02. The summed E-state index contributed by atoms with van der Waals surface area (Å²) < 4.78 is 5.62. The Morgan fingerprint density at radius 1 is 1.00 bits per heavy atom. The molecule has 1 aromatic rings. The lowest BCUT2D eigenvalue weighted by Gasteiger charge is -2.25. The summed E-state index contributed by atoms with van der Waals surface area (Å²) in [6.07, 6.45) is 1.37. The zero-order valence-corrected chi connectivity index (χ0v) is 12.2. The van der Waals surface area contributed by atoms with E-state index in [2.05, 4.69) is 0 Å². The molecule has 1 aliphatic rings. The standard InChI is InChI=1S/C17H18O3/c1-11-15(19)13(12-8-6-5-7-9-12)10-14(18)16(11)20-17(2,3)4/h5-10H,1-4H3. The predicted molar refractivity (Wildman–Crippen MR) is 78.0 cm³/mol. The molecule has 0 radical (unpaired) electrons. The lowest BCUT2D eigenvalue weighted by atomic mass is 9.90. The van der Waals surface area contributed by atoms with Gasteiger partial charge in [0.1, 0.15) is 5.60 Å². The molecule has 0 spiro atoms. The molecule has 0 aliphatic heterocycles. The van der Waals surface area contributed by atoms with Gasteiger partial charge in [0.2, 0.25) is 5.78 Å². The largest absolute Gasteiger partial charge is 0.484 e. The van der Waals surface area contributed by atoms with Gasteiger partial charge in [-0.1, -0.05) is 30.3 Å². The summed E-state index contributed by atoms with van der Waals surface area (Å²) in [4.78, 5) is 24.6. The Hall–Kier alpha value is -2.16. The maximum absolute atomic E-state index is 12.4. The Morgan fingerprint density at radius 2 is 1.60 bits per heavy atom. The number of rotatable bonds is 2. The summed E-state index contributed by atoms with van der Waals surface area (Å²) in [5, 5.41) is 0. The number of ketones is 2. The number of carbonyl (C=O) groups excluding carboxylic acids is 2. The first-order valence-corrected chi connectivity index (χ1v) is 6.55. The van der Waals surface area contributed by atoms with Crippen LogP contribution in [0.25, 0.3) is 5.57 Å². The van der Waals surface area contributed by atoms with Crippen LogP contribution in [-0.4, -0.2) is 17.2 Å². The first-order valence-electron chi connectivity index (χ1n) is 6.55. The second-order valence-corrected chi connectivity index (χ2v) is 5.79. The van der Waals surface area contributed by atoms with Crippen LogP contribution in [0.15, 0.2) is 47.7 Å². The molecule has 2 rings (SSSR count). The minimum Gasteiger partial charge on any atom is -0.484 e. The highest BCUT2D eigenvalue weighted by atomic mass is 16.5. The molecular formula is C17H18O3. The Labute approximate surface area is 118 Å². The van der Waals surface area contributed by atoms with Crippen molar-refractivity contribution in [3.8, 4) is 0 Å². The smallest absolute Gasteiger partial charge is 0.221 e. The summed E-state index contributed by atoms with van der Waals surface area (Å²) in [5.74, 6) is -0.256. The zero-order valence-electron chi connectivity index (χ0n) is 12.2. The van der Waals surface area contributed by atoms with Gasteiger partial charge in [0.15, 0.2) is 11.5 Å². The van der Waals surface area contributed by atoms with Crippen LogP contribution in [0.5, 0.6) is 0 Å². The van der Waals surface area contributed by atoms with E-state index in [0.29, 0.717) is 11.1 Å². The molecule has 3 nitrogen and oxygen atoms in total. The first kappa shape index (κ1) is 14.3. The van der Waals surface area contributed by atoms with Crippen LogP contribution in [0.1, 0.15) is 33.3 Å². The maximum atomic E-state index is 12.4. The van der Waals surface area contributed by atoms with E-state index in [-0.39, 0.29) is 17.3 Å². The molecule has 0 unspecified atom stereocenters. The summed E-state index contributed by atoms with van der Waals surface area (Å²) in [7, 11) is 0. The zero-order chi connectivity index (χ0) is 14.9. The van der Waals surface area contributed by atoms with Crippen molar-refractivity contribution in [1.29, 1.82) is 0 Å². The molecule has 1 aliphatic carbocycles. The molecule has 1 aromatic carbocycles. The number of allylic oxidation sites excluding steroid dienone is 3. The van der Waals surface area contributed by atoms with E-state index in [9.17, 15) is 9.59 Å². The number of benzene rings is 1. The average molecular weight is 270 g/mol. The number of hydrogen-bond acceptors (Lipinski definition) is 3. The van der Waals surface area contributed by atoms with Crippen LogP contribution in [-0.2, 0) is 14.3 Å². The Morgan fingerprint density at radius 3 is 2.15 bits per heavy atom. The Kier molecular flexibility index (Phi) is 3.62. The third-order valence-electron chi connectivity index (χ3n) is 2.92. The minimum atomic E-state index is -0.509. The van der Waals surface area contributed by atoms with Crippen molar-refractivity contribution < 1.29 is 14.3 Å². The fraction of sp³-hybridized carbons (Fsp3) is 0.294. The van der Waals surface area contributed by atoms with E-state index in [0.717, 1.165) is 5.56 Å². The van der Waals surface area contributed by atoms with Crippen molar-refractivity contribution in [3.05, 3.63) is 53.3 Å². The van der Waals surface area contributed by atoms with E-state index in [4.69, 9.17) is 4.74 Å². The van der Waals surface area contributed by atoms with E-state index in [1.807, 2.05) is 51.1 Å². The van der Waals surface area contributed by atoms with Gasteiger partial charge in [-0.15, -0.1) is 0 Å². The van der Waals surface area contributed by atoms with Crippen LogP contribution >= 0.6 is 0 Å². The normalized spacial score (nSPS) is 16.3. The van der Waals surface area contributed by atoms with Crippen LogP contribution < -0.4 is 0 Å². The summed E-state index contributed by atoms with van der Waals surface area (Å²) in [6.45, 7) is 7.18. The highest BCUT2D eigenvalue weighted by Gasteiger charge is 2.30. The molecule has 0 bridgehead atoms. The first-order chi connectivity index (χ1) is 9.29. The summed E-state index contributed by atoms with van der Waals surface area (Å²) in [6, 6.07) is 9.19. The topological polar surface area (TPSA) is 43.4 Å². The van der Waals surface area contributed by atoms with Gasteiger partial charge in [0, 0.05) is 17.2 Å². The van der Waals surface area contributed by atoms with E-state index < -0.39 is 5.60 Å². The SMILES string of the molecule is CC1=C(OC(C)(C)C)C(=O)C=C(c2ccccc2)C1=O. The minimum absolute atomic E-state index is 0.155. The van der Waals surface area contributed by atoms with Crippen LogP contribution in [0.3, 0.4) is 0 Å². The third-order valence-corrected chi connectivity index (χ3v) is 2.92. The van der Waals surface area contributed by atoms with Crippen LogP contribution in [0.2, 0.25) is 0 Å². The molecular weight excluding hydrogens is 252 g/mol. The van der Waals surface area contributed by atoms with Gasteiger partial charge in [-0.2, -0.15) is 0 Å². The highest BCUT2D eigenvalue weighted by molar-refractivity contribution is 6.36. The predicted octanol–water partition coefficient (Wildman–Crippen LogP) is 3.31. The number of ether oxygens (including phenoxy) is 1. The van der Waals surface area contributed by atoms with Gasteiger partial charge in [-0.3, -0.25) is 9.59 Å². The molecule has 3 heteroatoms. The van der Waals surface area contributed by atoms with Gasteiger partial charge in [0.25, 0.3) is 0 Å². The summed E-state index contributed by atoms with van der Waals surface area (Å²) in [5.41, 5.74) is 1.03. The lowest BCUT2D eigenvalue weighted by molar-refractivity contribution is -0.119. The Bertz CT molecular complexity index is 613. The molecule has 0 saturated heterocycles. The molecule has 0 amide bonds. The Balaban J connectivity index is 2.40. The van der Waals surface area contributed by atoms with E-state index >= 15 is 0 Å². The van der Waals surface area contributed by atoms with Crippen molar-refractivity contribution in [2.45, 2.75) is 33.3 Å². The monoisotopic (exact) mass is 270 g/mol. The molecule has 0 saturated carbocycles. The van der Waals surface area contributed by atoms with E-state index in [1.165, 1.54) is 6.08 Å². The van der Waals surface area contributed by atoms with Gasteiger partial charge < -0.3 is 4.74 Å². The van der Waals surface area contributed by atoms with Gasteiger partial charge in [0.05, 0.1) is 0 Å². The van der Waals surface area contributed by atoms with Crippen molar-refractivity contribution in [2.24, 2.45) is 0 Å². The molecule has 0 heterocycles. The second kappa shape index (κ2) is 5.08. The molecule has 0 atom stereocenters. The number of hydrogen-bond donors (Lipinski definition) is 0. The van der Waals surface area contributed by atoms with Gasteiger partial charge in [-0.05, 0) is 33.3 Å². The van der Waals surface area contributed by atoms with Crippen molar-refractivity contribution in [1.82, 2.24) is 0 Å². The summed E-state index contributed by atoms with van der Waals surface area (Å²) >= 11 is 0.